The highest BCUT2D eigenvalue weighted by molar-refractivity contribution is 6.30. The van der Waals surface area contributed by atoms with Gasteiger partial charge in [-0.05, 0) is 43.3 Å². The van der Waals surface area contributed by atoms with Gasteiger partial charge in [-0.1, -0.05) is 34.4 Å². The lowest BCUT2D eigenvalue weighted by Crippen LogP contribution is -2.11. The first-order valence-electron chi connectivity index (χ1n) is 6.59. The standard InChI is InChI=1S/C16H12ClN3O2/c1-10-2-4-11(5-3-10)14(21)18-16-20-19-15(22-16)12-6-8-13(17)9-7-12/h2-9H,1H3,(H,18,20,21). The molecule has 2 aromatic carbocycles. The fourth-order valence-electron chi connectivity index (χ4n) is 1.86. The molecule has 3 rings (SSSR count). The molecule has 6 heteroatoms. The molecule has 0 atom stereocenters. The number of hydrogen-bond donors (Lipinski definition) is 1. The lowest BCUT2D eigenvalue weighted by molar-refractivity contribution is 0.102. The van der Waals surface area contributed by atoms with Crippen LogP contribution >= 0.6 is 11.6 Å². The first kappa shape index (κ1) is 14.3. The number of carbonyl (C=O) groups excluding carboxylic acids is 1. The largest absolute Gasteiger partial charge is 0.403 e. The second-order valence-electron chi connectivity index (χ2n) is 4.74. The zero-order chi connectivity index (χ0) is 15.5. The summed E-state index contributed by atoms with van der Waals surface area (Å²) in [7, 11) is 0. The lowest BCUT2D eigenvalue weighted by atomic mass is 10.1. The molecule has 0 fully saturated rings. The fourth-order valence-corrected chi connectivity index (χ4v) is 1.98. The first-order chi connectivity index (χ1) is 10.6. The van der Waals surface area contributed by atoms with Gasteiger partial charge in [0.2, 0.25) is 5.89 Å². The third kappa shape index (κ3) is 3.15. The van der Waals surface area contributed by atoms with Gasteiger partial charge in [-0.25, -0.2) is 0 Å². The molecule has 0 saturated carbocycles. The molecule has 1 amide bonds. The monoisotopic (exact) mass is 313 g/mol. The SMILES string of the molecule is Cc1ccc(C(=O)Nc2nnc(-c3ccc(Cl)cc3)o2)cc1. The summed E-state index contributed by atoms with van der Waals surface area (Å²) in [6.45, 7) is 1.96. The number of rotatable bonds is 3. The van der Waals surface area contributed by atoms with Crippen LogP contribution in [0.1, 0.15) is 15.9 Å². The molecule has 1 N–H and O–H groups in total. The maximum Gasteiger partial charge on any atom is 0.322 e. The van der Waals surface area contributed by atoms with Gasteiger partial charge < -0.3 is 4.42 Å². The van der Waals surface area contributed by atoms with Gasteiger partial charge in [0.1, 0.15) is 0 Å². The van der Waals surface area contributed by atoms with Gasteiger partial charge in [-0.2, -0.15) is 0 Å². The second kappa shape index (κ2) is 5.99. The van der Waals surface area contributed by atoms with Crippen LogP contribution in [0.5, 0.6) is 0 Å². The van der Waals surface area contributed by atoms with Crippen LogP contribution in [0.3, 0.4) is 0 Å². The number of halogens is 1. The molecule has 0 bridgehead atoms. The number of hydrogen-bond acceptors (Lipinski definition) is 4. The Morgan fingerprint density at radius 3 is 2.41 bits per heavy atom. The number of nitrogens with zero attached hydrogens (tertiary/aromatic N) is 2. The Morgan fingerprint density at radius 1 is 1.05 bits per heavy atom. The molecule has 0 unspecified atom stereocenters. The van der Waals surface area contributed by atoms with Crippen molar-refractivity contribution in [1.82, 2.24) is 10.2 Å². The van der Waals surface area contributed by atoms with E-state index < -0.39 is 0 Å². The van der Waals surface area contributed by atoms with Gasteiger partial charge in [0, 0.05) is 16.1 Å². The van der Waals surface area contributed by atoms with Crippen LogP contribution in [0.25, 0.3) is 11.5 Å². The minimum absolute atomic E-state index is 0.0514. The molecular formula is C16H12ClN3O2. The van der Waals surface area contributed by atoms with Gasteiger partial charge in [0.15, 0.2) is 0 Å². The van der Waals surface area contributed by atoms with Crippen molar-refractivity contribution in [2.75, 3.05) is 5.32 Å². The normalized spacial score (nSPS) is 10.5. The van der Waals surface area contributed by atoms with Crippen molar-refractivity contribution >= 4 is 23.5 Å². The Morgan fingerprint density at radius 2 is 1.73 bits per heavy atom. The molecule has 0 aliphatic rings. The molecule has 0 saturated heterocycles. The molecule has 22 heavy (non-hydrogen) atoms. The Kier molecular flexibility index (Phi) is 3.89. The van der Waals surface area contributed by atoms with Gasteiger partial charge in [-0.3, -0.25) is 10.1 Å². The van der Waals surface area contributed by atoms with E-state index in [4.69, 9.17) is 16.0 Å². The molecule has 0 aliphatic heterocycles. The molecule has 110 valence electrons. The van der Waals surface area contributed by atoms with Crippen LogP contribution in [0.4, 0.5) is 6.01 Å². The van der Waals surface area contributed by atoms with Crippen molar-refractivity contribution < 1.29 is 9.21 Å². The predicted molar refractivity (Wildman–Crippen MR) is 83.9 cm³/mol. The van der Waals surface area contributed by atoms with Crippen LogP contribution in [0.2, 0.25) is 5.02 Å². The zero-order valence-corrected chi connectivity index (χ0v) is 12.5. The molecule has 1 aromatic heterocycles. The maximum atomic E-state index is 12.1. The molecule has 0 aliphatic carbocycles. The summed E-state index contributed by atoms with van der Waals surface area (Å²) in [6.07, 6.45) is 0. The fraction of sp³-hybridized carbons (Fsp3) is 0.0625. The Balaban J connectivity index is 1.75. The van der Waals surface area contributed by atoms with Crippen LogP contribution in [-0.4, -0.2) is 16.1 Å². The van der Waals surface area contributed by atoms with Crippen LogP contribution in [-0.2, 0) is 0 Å². The number of nitrogens with one attached hydrogen (secondary N) is 1. The minimum Gasteiger partial charge on any atom is -0.403 e. The van der Waals surface area contributed by atoms with E-state index in [1.807, 2.05) is 19.1 Å². The lowest BCUT2D eigenvalue weighted by Gasteiger charge is -2.00. The van der Waals surface area contributed by atoms with Gasteiger partial charge >= 0.3 is 6.01 Å². The van der Waals surface area contributed by atoms with E-state index in [0.29, 0.717) is 16.5 Å². The third-order valence-corrected chi connectivity index (χ3v) is 3.30. The summed E-state index contributed by atoms with van der Waals surface area (Å²) in [4.78, 5) is 12.1. The average Bonchev–Trinajstić information content (AvgIpc) is 2.97. The quantitative estimate of drug-likeness (QED) is 0.795. The topological polar surface area (TPSA) is 68.0 Å². The van der Waals surface area contributed by atoms with E-state index in [9.17, 15) is 4.79 Å². The van der Waals surface area contributed by atoms with E-state index in [-0.39, 0.29) is 11.9 Å². The maximum absolute atomic E-state index is 12.1. The van der Waals surface area contributed by atoms with E-state index in [0.717, 1.165) is 11.1 Å². The number of anilines is 1. The highest BCUT2D eigenvalue weighted by atomic mass is 35.5. The van der Waals surface area contributed by atoms with Crippen LogP contribution in [0.15, 0.2) is 52.9 Å². The Labute approximate surface area is 131 Å². The molecule has 0 radical (unpaired) electrons. The summed E-state index contributed by atoms with van der Waals surface area (Å²) < 4.78 is 5.43. The molecular weight excluding hydrogens is 302 g/mol. The summed E-state index contributed by atoms with van der Waals surface area (Å²) >= 11 is 5.83. The van der Waals surface area contributed by atoms with Gasteiger partial charge in [-0.15, -0.1) is 5.10 Å². The van der Waals surface area contributed by atoms with Crippen molar-refractivity contribution in [2.24, 2.45) is 0 Å². The predicted octanol–water partition coefficient (Wildman–Crippen LogP) is 3.95. The van der Waals surface area contributed by atoms with Gasteiger partial charge in [0.25, 0.3) is 5.91 Å². The summed E-state index contributed by atoms with van der Waals surface area (Å²) in [6, 6.07) is 14.2. The summed E-state index contributed by atoms with van der Waals surface area (Å²) in [5.74, 6) is 0.0159. The van der Waals surface area contributed by atoms with Crippen molar-refractivity contribution in [1.29, 1.82) is 0 Å². The summed E-state index contributed by atoms with van der Waals surface area (Å²) in [5, 5.41) is 10.9. The molecule has 3 aromatic rings. The van der Waals surface area contributed by atoms with Gasteiger partial charge in [0.05, 0.1) is 0 Å². The van der Waals surface area contributed by atoms with E-state index >= 15 is 0 Å². The molecule has 1 heterocycles. The van der Waals surface area contributed by atoms with Crippen molar-refractivity contribution in [3.05, 3.63) is 64.7 Å². The Hall–Kier alpha value is -2.66. The second-order valence-corrected chi connectivity index (χ2v) is 5.18. The van der Waals surface area contributed by atoms with Crippen LogP contribution in [0, 0.1) is 6.92 Å². The number of aryl methyl sites for hydroxylation is 1. The zero-order valence-electron chi connectivity index (χ0n) is 11.7. The molecule has 5 nitrogen and oxygen atoms in total. The average molecular weight is 314 g/mol. The highest BCUT2D eigenvalue weighted by Gasteiger charge is 2.12. The van der Waals surface area contributed by atoms with Crippen molar-refractivity contribution in [3.8, 4) is 11.5 Å². The van der Waals surface area contributed by atoms with Crippen LogP contribution < -0.4 is 5.32 Å². The third-order valence-electron chi connectivity index (χ3n) is 3.05. The van der Waals surface area contributed by atoms with E-state index in [1.165, 1.54) is 0 Å². The minimum atomic E-state index is -0.300. The first-order valence-corrected chi connectivity index (χ1v) is 6.97. The highest BCUT2D eigenvalue weighted by Crippen LogP contribution is 2.21. The molecule has 0 spiro atoms. The van der Waals surface area contributed by atoms with E-state index in [1.54, 1.807) is 36.4 Å². The smallest absolute Gasteiger partial charge is 0.322 e. The van der Waals surface area contributed by atoms with Crippen molar-refractivity contribution in [2.45, 2.75) is 6.92 Å². The number of aromatic nitrogens is 2. The van der Waals surface area contributed by atoms with Crippen molar-refractivity contribution in [3.63, 3.8) is 0 Å². The summed E-state index contributed by atoms with van der Waals surface area (Å²) in [5.41, 5.74) is 2.34. The number of amides is 1. The number of benzene rings is 2. The Bertz CT molecular complexity index is 795. The number of carbonyl (C=O) groups is 1. The van der Waals surface area contributed by atoms with E-state index in [2.05, 4.69) is 15.5 Å².